The molecular weight excluding hydrogens is 319 g/mol. The van der Waals surface area contributed by atoms with Crippen LogP contribution in [-0.4, -0.2) is 50.2 Å². The third kappa shape index (κ3) is 5.00. The fourth-order valence-electron chi connectivity index (χ4n) is 2.34. The molecule has 5 nitrogen and oxygen atoms in total. The van der Waals surface area contributed by atoms with Gasteiger partial charge in [-0.2, -0.15) is 0 Å². The predicted molar refractivity (Wildman–Crippen MR) is 88.4 cm³/mol. The van der Waals surface area contributed by atoms with Gasteiger partial charge in [-0.25, -0.2) is 12.8 Å². The first-order valence-electron chi connectivity index (χ1n) is 7.75. The average Bonchev–Trinajstić information content (AvgIpc) is 2.53. The molecule has 0 aliphatic carbocycles. The summed E-state index contributed by atoms with van der Waals surface area (Å²) < 4.78 is 37.7. The summed E-state index contributed by atoms with van der Waals surface area (Å²) in [7, 11) is -3.83. The minimum atomic E-state index is -3.83. The van der Waals surface area contributed by atoms with E-state index in [1.54, 1.807) is 0 Å². The van der Waals surface area contributed by atoms with E-state index < -0.39 is 26.8 Å². The van der Waals surface area contributed by atoms with E-state index in [-0.39, 0.29) is 10.9 Å². The second kappa shape index (κ2) is 8.40. The number of nitrogens with one attached hydrogen (secondary N) is 1. The standard InChI is InChI=1S/C16H25FN2O3S/c1-5-19(6-2)12(3)11-18-16(20)13(4)23(21,22)15-9-7-14(17)8-10-15/h7-10,12-13H,5-6,11H2,1-4H3,(H,18,20). The molecule has 0 heterocycles. The largest absolute Gasteiger partial charge is 0.353 e. The zero-order valence-electron chi connectivity index (χ0n) is 14.0. The number of sulfone groups is 1. The van der Waals surface area contributed by atoms with Gasteiger partial charge >= 0.3 is 0 Å². The van der Waals surface area contributed by atoms with Gasteiger partial charge in [0.2, 0.25) is 5.91 Å². The molecule has 7 heteroatoms. The van der Waals surface area contributed by atoms with Crippen molar-refractivity contribution in [3.63, 3.8) is 0 Å². The number of likely N-dealkylation sites (N-methyl/N-ethyl adjacent to an activating group) is 1. The molecule has 0 bridgehead atoms. The van der Waals surface area contributed by atoms with E-state index in [9.17, 15) is 17.6 Å². The fraction of sp³-hybridized carbons (Fsp3) is 0.562. The van der Waals surface area contributed by atoms with Gasteiger partial charge in [0.15, 0.2) is 9.84 Å². The van der Waals surface area contributed by atoms with E-state index in [0.717, 1.165) is 25.2 Å². The molecule has 0 saturated carbocycles. The highest BCUT2D eigenvalue weighted by Gasteiger charge is 2.30. The zero-order chi connectivity index (χ0) is 17.6. The van der Waals surface area contributed by atoms with Crippen molar-refractivity contribution in [2.75, 3.05) is 19.6 Å². The maximum absolute atomic E-state index is 12.9. The normalized spacial score (nSPS) is 14.5. The van der Waals surface area contributed by atoms with Gasteiger partial charge in [0.1, 0.15) is 11.1 Å². The number of hydrogen-bond donors (Lipinski definition) is 1. The van der Waals surface area contributed by atoms with E-state index in [1.807, 2.05) is 20.8 Å². The van der Waals surface area contributed by atoms with Gasteiger partial charge in [0.05, 0.1) is 4.90 Å². The van der Waals surface area contributed by atoms with Gasteiger partial charge in [-0.1, -0.05) is 13.8 Å². The number of nitrogens with zero attached hydrogens (tertiary/aromatic N) is 1. The molecule has 0 aromatic heterocycles. The zero-order valence-corrected chi connectivity index (χ0v) is 14.9. The quantitative estimate of drug-likeness (QED) is 0.731. The molecule has 1 rings (SSSR count). The van der Waals surface area contributed by atoms with Crippen LogP contribution in [0, 0.1) is 5.82 Å². The number of halogens is 1. The number of hydrogen-bond acceptors (Lipinski definition) is 4. The van der Waals surface area contributed by atoms with Gasteiger partial charge in [-0.15, -0.1) is 0 Å². The van der Waals surface area contributed by atoms with Crippen molar-refractivity contribution < 1.29 is 17.6 Å². The van der Waals surface area contributed by atoms with E-state index >= 15 is 0 Å². The summed E-state index contributed by atoms with van der Waals surface area (Å²) in [6.45, 7) is 9.48. The predicted octanol–water partition coefficient (Wildman–Crippen LogP) is 1.83. The van der Waals surface area contributed by atoms with Crippen molar-refractivity contribution >= 4 is 15.7 Å². The van der Waals surface area contributed by atoms with Gasteiger partial charge in [-0.05, 0) is 51.2 Å². The number of rotatable bonds is 8. The lowest BCUT2D eigenvalue weighted by molar-refractivity contribution is -0.120. The molecule has 0 saturated heterocycles. The van der Waals surface area contributed by atoms with E-state index in [2.05, 4.69) is 10.2 Å². The molecular formula is C16H25FN2O3S. The van der Waals surface area contributed by atoms with Gasteiger partial charge < -0.3 is 5.32 Å². The Hall–Kier alpha value is -1.47. The van der Waals surface area contributed by atoms with Crippen LogP contribution in [0.4, 0.5) is 4.39 Å². The minimum Gasteiger partial charge on any atom is -0.353 e. The summed E-state index contributed by atoms with van der Waals surface area (Å²) in [5, 5.41) is 1.46. The summed E-state index contributed by atoms with van der Waals surface area (Å²) in [5.41, 5.74) is 0. The van der Waals surface area contributed by atoms with Crippen LogP contribution in [0.5, 0.6) is 0 Å². The van der Waals surface area contributed by atoms with E-state index in [0.29, 0.717) is 6.54 Å². The maximum Gasteiger partial charge on any atom is 0.238 e. The number of carbonyl (C=O) groups is 1. The molecule has 2 atom stereocenters. The van der Waals surface area contributed by atoms with E-state index in [4.69, 9.17) is 0 Å². The summed E-state index contributed by atoms with van der Waals surface area (Å²) >= 11 is 0. The summed E-state index contributed by atoms with van der Waals surface area (Å²) in [6.07, 6.45) is 0. The van der Waals surface area contributed by atoms with Crippen molar-refractivity contribution in [2.24, 2.45) is 0 Å². The van der Waals surface area contributed by atoms with Gasteiger partial charge in [0, 0.05) is 12.6 Å². The van der Waals surface area contributed by atoms with Gasteiger partial charge in [-0.3, -0.25) is 9.69 Å². The first kappa shape index (κ1) is 19.6. The highest BCUT2D eigenvalue weighted by atomic mass is 32.2. The highest BCUT2D eigenvalue weighted by molar-refractivity contribution is 7.92. The van der Waals surface area contributed by atoms with Crippen LogP contribution in [0.1, 0.15) is 27.7 Å². The topological polar surface area (TPSA) is 66.5 Å². The maximum atomic E-state index is 12.9. The Balaban J connectivity index is 2.74. The van der Waals surface area contributed by atoms with Crippen LogP contribution in [0.2, 0.25) is 0 Å². The monoisotopic (exact) mass is 344 g/mol. The third-order valence-corrected chi connectivity index (χ3v) is 6.06. The third-order valence-electron chi connectivity index (χ3n) is 3.98. The molecule has 0 aliphatic heterocycles. The highest BCUT2D eigenvalue weighted by Crippen LogP contribution is 2.16. The van der Waals surface area contributed by atoms with Crippen LogP contribution in [0.15, 0.2) is 29.2 Å². The summed E-state index contributed by atoms with van der Waals surface area (Å²) in [4.78, 5) is 14.3. The van der Waals surface area contributed by atoms with Crippen LogP contribution in [-0.2, 0) is 14.6 Å². The molecule has 0 aliphatic rings. The van der Waals surface area contributed by atoms with Crippen molar-refractivity contribution in [1.82, 2.24) is 10.2 Å². The van der Waals surface area contributed by atoms with Crippen LogP contribution >= 0.6 is 0 Å². The van der Waals surface area contributed by atoms with E-state index in [1.165, 1.54) is 19.1 Å². The molecule has 1 N–H and O–H groups in total. The Morgan fingerprint density at radius 1 is 1.17 bits per heavy atom. The number of amides is 1. The minimum absolute atomic E-state index is 0.0571. The molecule has 130 valence electrons. The molecule has 23 heavy (non-hydrogen) atoms. The molecule has 0 spiro atoms. The van der Waals surface area contributed by atoms with Crippen molar-refractivity contribution in [2.45, 2.75) is 43.9 Å². The fourth-order valence-corrected chi connectivity index (χ4v) is 3.63. The van der Waals surface area contributed by atoms with Crippen LogP contribution in [0.25, 0.3) is 0 Å². The second-order valence-corrected chi connectivity index (χ2v) is 7.73. The van der Waals surface area contributed by atoms with Crippen molar-refractivity contribution in [3.05, 3.63) is 30.1 Å². The summed E-state index contributed by atoms with van der Waals surface area (Å²) in [5.74, 6) is -1.07. The Bertz CT molecular complexity index is 613. The SMILES string of the molecule is CCN(CC)C(C)CNC(=O)C(C)S(=O)(=O)c1ccc(F)cc1. The van der Waals surface area contributed by atoms with Gasteiger partial charge in [0.25, 0.3) is 0 Å². The Morgan fingerprint density at radius 3 is 2.17 bits per heavy atom. The molecule has 1 aromatic rings. The lowest BCUT2D eigenvalue weighted by atomic mass is 10.2. The first-order chi connectivity index (χ1) is 10.7. The van der Waals surface area contributed by atoms with Crippen molar-refractivity contribution in [1.29, 1.82) is 0 Å². The average molecular weight is 344 g/mol. The first-order valence-corrected chi connectivity index (χ1v) is 9.29. The Labute approximate surface area is 137 Å². The number of carbonyl (C=O) groups excluding carboxylic acids is 1. The molecule has 2 unspecified atom stereocenters. The van der Waals surface area contributed by atoms with Crippen molar-refractivity contribution in [3.8, 4) is 0 Å². The lowest BCUT2D eigenvalue weighted by Crippen LogP contribution is -2.45. The van der Waals surface area contributed by atoms with Crippen LogP contribution in [0.3, 0.4) is 0 Å². The lowest BCUT2D eigenvalue weighted by Gasteiger charge is -2.26. The molecule has 1 amide bonds. The molecule has 0 radical (unpaired) electrons. The Kier molecular flexibility index (Phi) is 7.15. The number of benzene rings is 1. The summed E-state index contributed by atoms with van der Waals surface area (Å²) in [6, 6.07) is 4.61. The van der Waals surface area contributed by atoms with Crippen LogP contribution < -0.4 is 5.32 Å². The smallest absolute Gasteiger partial charge is 0.238 e. The molecule has 1 aromatic carbocycles. The molecule has 0 fully saturated rings. The Morgan fingerprint density at radius 2 is 1.70 bits per heavy atom. The second-order valence-electron chi connectivity index (χ2n) is 5.46.